The minimum Gasteiger partial charge on any atom is -0.306 e. The van der Waals surface area contributed by atoms with E-state index in [9.17, 15) is 13.2 Å². The molecule has 0 heterocycles. The number of rotatable bonds is 4. The number of hydrogen-bond donors (Lipinski definition) is 1. The van der Waals surface area contributed by atoms with Gasteiger partial charge in [0.2, 0.25) is 0 Å². The number of hydrogen-bond acceptors (Lipinski definition) is 1. The maximum atomic E-state index is 12.6. The molecule has 1 atom stereocenters. The Morgan fingerprint density at radius 1 is 1.25 bits per heavy atom. The molecule has 90 valence electrons. The average molecular weight is 343 g/mol. The first kappa shape index (κ1) is 13.8. The summed E-state index contributed by atoms with van der Waals surface area (Å²) in [6, 6.07) is 5.64. The molecule has 1 aromatic rings. The van der Waals surface area contributed by atoms with Gasteiger partial charge in [0.1, 0.15) is 6.04 Å². The number of nitrogens with one attached hydrogen (secondary N) is 1. The van der Waals surface area contributed by atoms with Crippen molar-refractivity contribution in [2.75, 3.05) is 6.54 Å². The molecule has 1 aromatic carbocycles. The summed E-state index contributed by atoms with van der Waals surface area (Å²) in [5.74, 6) is 0. The fourth-order valence-corrected chi connectivity index (χ4v) is 1.77. The quantitative estimate of drug-likeness (QED) is 0.827. The summed E-state index contributed by atoms with van der Waals surface area (Å²) in [5, 5.41) is 2.46. The molecule has 5 heteroatoms. The summed E-state index contributed by atoms with van der Waals surface area (Å²) < 4.78 is 38.8. The van der Waals surface area contributed by atoms with Gasteiger partial charge in [-0.2, -0.15) is 13.2 Å². The third-order valence-corrected chi connectivity index (χ3v) is 2.92. The third-order valence-electron chi connectivity index (χ3n) is 2.20. The average Bonchev–Trinajstić information content (AvgIpc) is 2.19. The summed E-state index contributed by atoms with van der Waals surface area (Å²) in [6.45, 7) is 1.99. The largest absolute Gasteiger partial charge is 0.404 e. The van der Waals surface area contributed by atoms with Gasteiger partial charge >= 0.3 is 6.18 Å². The van der Waals surface area contributed by atoms with Crippen molar-refractivity contribution in [1.82, 2.24) is 5.32 Å². The van der Waals surface area contributed by atoms with Crippen LogP contribution in [0.2, 0.25) is 0 Å². The maximum absolute atomic E-state index is 12.6. The third kappa shape index (κ3) is 4.29. The Balaban J connectivity index is 2.72. The Morgan fingerprint density at radius 2 is 1.81 bits per heavy atom. The number of likely N-dealkylation sites (N-methyl/N-ethyl adjacent to an activating group) is 1. The molecule has 1 N–H and O–H groups in total. The lowest BCUT2D eigenvalue weighted by atomic mass is 10.1. The second kappa shape index (κ2) is 5.86. The highest BCUT2D eigenvalue weighted by molar-refractivity contribution is 14.1. The van der Waals surface area contributed by atoms with Gasteiger partial charge in [-0.15, -0.1) is 0 Å². The van der Waals surface area contributed by atoms with E-state index < -0.39 is 12.2 Å². The van der Waals surface area contributed by atoms with Crippen LogP contribution in [-0.4, -0.2) is 18.8 Å². The van der Waals surface area contributed by atoms with Gasteiger partial charge in [-0.25, -0.2) is 0 Å². The second-order valence-electron chi connectivity index (χ2n) is 3.48. The minimum absolute atomic E-state index is 0.0196. The van der Waals surface area contributed by atoms with Crippen molar-refractivity contribution >= 4 is 22.6 Å². The molecule has 16 heavy (non-hydrogen) atoms. The Morgan fingerprint density at radius 3 is 2.25 bits per heavy atom. The van der Waals surface area contributed by atoms with Crippen molar-refractivity contribution in [3.05, 3.63) is 33.4 Å². The summed E-state index contributed by atoms with van der Waals surface area (Å²) in [4.78, 5) is 0. The van der Waals surface area contributed by atoms with Crippen molar-refractivity contribution in [2.24, 2.45) is 0 Å². The number of benzene rings is 1. The summed E-state index contributed by atoms with van der Waals surface area (Å²) in [7, 11) is 0. The molecule has 0 aromatic heterocycles. The molecule has 1 nitrogen and oxygen atoms in total. The molecule has 0 spiro atoms. The molecule has 0 aliphatic carbocycles. The normalized spacial score (nSPS) is 13.8. The van der Waals surface area contributed by atoms with Crippen molar-refractivity contribution in [3.63, 3.8) is 0 Å². The van der Waals surface area contributed by atoms with Gasteiger partial charge in [0.15, 0.2) is 0 Å². The van der Waals surface area contributed by atoms with Gasteiger partial charge in [0.25, 0.3) is 0 Å². The van der Waals surface area contributed by atoms with Crippen LogP contribution < -0.4 is 5.32 Å². The van der Waals surface area contributed by atoms with Crippen molar-refractivity contribution < 1.29 is 13.2 Å². The summed E-state index contributed by atoms with van der Waals surface area (Å²) >= 11 is 2.13. The van der Waals surface area contributed by atoms with Crippen LogP contribution in [0, 0.1) is 3.57 Å². The summed E-state index contributed by atoms with van der Waals surface area (Å²) in [5.41, 5.74) is 0.698. The van der Waals surface area contributed by atoms with E-state index in [4.69, 9.17) is 0 Å². The standard InChI is InChI=1S/C11H13F3IN/c1-2-16-10(11(12,13)14)7-8-3-5-9(15)6-4-8/h3-6,10,16H,2,7H2,1H3. The Hall–Kier alpha value is -0.300. The fourth-order valence-electron chi connectivity index (χ4n) is 1.41. The zero-order valence-corrected chi connectivity index (χ0v) is 11.0. The van der Waals surface area contributed by atoms with Gasteiger partial charge in [0, 0.05) is 3.57 Å². The maximum Gasteiger partial charge on any atom is 0.404 e. The fraction of sp³-hybridized carbons (Fsp3) is 0.455. The van der Waals surface area contributed by atoms with Crippen LogP contribution in [0.3, 0.4) is 0 Å². The Bertz CT molecular complexity index is 321. The first-order valence-corrected chi connectivity index (χ1v) is 6.06. The van der Waals surface area contributed by atoms with E-state index >= 15 is 0 Å². The predicted octanol–water partition coefficient (Wildman–Crippen LogP) is 3.37. The molecular weight excluding hydrogens is 330 g/mol. The van der Waals surface area contributed by atoms with E-state index in [1.165, 1.54) is 0 Å². The molecule has 0 aliphatic rings. The monoisotopic (exact) mass is 343 g/mol. The molecule has 0 amide bonds. The summed E-state index contributed by atoms with van der Waals surface area (Å²) in [6.07, 6.45) is -4.22. The number of alkyl halides is 3. The molecule has 0 bridgehead atoms. The van der Waals surface area contributed by atoms with E-state index in [1.807, 2.05) is 12.1 Å². The van der Waals surface area contributed by atoms with Crippen LogP contribution in [0.5, 0.6) is 0 Å². The molecule has 0 saturated heterocycles. The van der Waals surface area contributed by atoms with E-state index in [0.29, 0.717) is 12.1 Å². The zero-order valence-electron chi connectivity index (χ0n) is 8.81. The molecule has 0 radical (unpaired) electrons. The number of halogens is 4. The Labute approximate surface area is 107 Å². The van der Waals surface area contributed by atoms with Gasteiger partial charge in [0.05, 0.1) is 0 Å². The van der Waals surface area contributed by atoms with E-state index in [1.54, 1.807) is 19.1 Å². The van der Waals surface area contributed by atoms with Gasteiger partial charge in [-0.3, -0.25) is 0 Å². The van der Waals surface area contributed by atoms with Crippen molar-refractivity contribution in [1.29, 1.82) is 0 Å². The van der Waals surface area contributed by atoms with E-state index in [0.717, 1.165) is 3.57 Å². The smallest absolute Gasteiger partial charge is 0.306 e. The predicted molar refractivity (Wildman–Crippen MR) is 66.4 cm³/mol. The first-order chi connectivity index (χ1) is 7.43. The van der Waals surface area contributed by atoms with Gasteiger partial charge in [-0.1, -0.05) is 19.1 Å². The highest BCUT2D eigenvalue weighted by atomic mass is 127. The highest BCUT2D eigenvalue weighted by Gasteiger charge is 2.38. The Kier molecular flexibility index (Phi) is 5.04. The van der Waals surface area contributed by atoms with E-state index in [2.05, 4.69) is 27.9 Å². The minimum atomic E-state index is -4.20. The molecule has 1 unspecified atom stereocenters. The molecular formula is C11H13F3IN. The zero-order chi connectivity index (χ0) is 12.2. The van der Waals surface area contributed by atoms with Crippen LogP contribution in [0.4, 0.5) is 13.2 Å². The lowest BCUT2D eigenvalue weighted by Crippen LogP contribution is -2.43. The van der Waals surface area contributed by atoms with Crippen molar-refractivity contribution in [2.45, 2.75) is 25.6 Å². The van der Waals surface area contributed by atoms with Gasteiger partial charge < -0.3 is 5.32 Å². The first-order valence-electron chi connectivity index (χ1n) is 4.98. The van der Waals surface area contributed by atoms with E-state index in [-0.39, 0.29) is 6.42 Å². The van der Waals surface area contributed by atoms with Crippen LogP contribution in [0.15, 0.2) is 24.3 Å². The molecule has 1 rings (SSSR count). The SMILES string of the molecule is CCNC(Cc1ccc(I)cc1)C(F)(F)F. The molecule has 0 fully saturated rings. The van der Waals surface area contributed by atoms with Crippen molar-refractivity contribution in [3.8, 4) is 0 Å². The molecule has 0 saturated carbocycles. The molecule has 0 aliphatic heterocycles. The van der Waals surface area contributed by atoms with Crippen LogP contribution in [-0.2, 0) is 6.42 Å². The van der Waals surface area contributed by atoms with Crippen LogP contribution >= 0.6 is 22.6 Å². The van der Waals surface area contributed by atoms with Crippen LogP contribution in [0.25, 0.3) is 0 Å². The topological polar surface area (TPSA) is 12.0 Å². The second-order valence-corrected chi connectivity index (χ2v) is 4.73. The lowest BCUT2D eigenvalue weighted by Gasteiger charge is -2.21. The van der Waals surface area contributed by atoms with Gasteiger partial charge in [-0.05, 0) is 53.3 Å². The highest BCUT2D eigenvalue weighted by Crippen LogP contribution is 2.23. The lowest BCUT2D eigenvalue weighted by molar-refractivity contribution is -0.155. The van der Waals surface area contributed by atoms with Crippen LogP contribution in [0.1, 0.15) is 12.5 Å².